The van der Waals surface area contributed by atoms with Gasteiger partial charge >= 0.3 is 30.1 Å². The first-order valence-electron chi connectivity index (χ1n) is 12.5. The number of unbranched alkanes of at least 4 members (excludes halogenated alkanes) is 2. The minimum absolute atomic E-state index is 0.112. The Morgan fingerprint density at radius 2 is 1.60 bits per heavy atom. The third kappa shape index (κ3) is 7.90. The molecule has 0 fully saturated rings. The van der Waals surface area contributed by atoms with Crippen molar-refractivity contribution in [2.24, 2.45) is 0 Å². The lowest BCUT2D eigenvalue weighted by Gasteiger charge is -2.32. The average molecular weight is 629 g/mol. The Morgan fingerprint density at radius 3 is 2.24 bits per heavy atom. The van der Waals surface area contributed by atoms with Crippen molar-refractivity contribution in [3.8, 4) is 21.9 Å². The second-order valence-corrected chi connectivity index (χ2v) is 10.3. The van der Waals surface area contributed by atoms with Crippen LogP contribution in [0.3, 0.4) is 0 Å². The van der Waals surface area contributed by atoms with Crippen LogP contribution in [0.2, 0.25) is 0 Å². The molecule has 0 amide bonds. The molecule has 3 rings (SSSR count). The molecule has 0 spiro atoms. The standard InChI is InChI=1S/C28H25F9O4S/c1-3-5-6-7-17-8-11-20(21(12-17)41-28(35,36)37)23-13-18-9-10-19(14-22(18)42-23)39-15-25(29,30)27(33,34)26(31,32)16-40-24(38)4-2/h4,8-14H,2-3,5-7,15-16H2,1H3. The van der Waals surface area contributed by atoms with Crippen LogP contribution in [0.15, 0.2) is 55.1 Å². The van der Waals surface area contributed by atoms with E-state index in [0.29, 0.717) is 33.0 Å². The van der Waals surface area contributed by atoms with Gasteiger partial charge in [0.1, 0.15) is 11.5 Å². The van der Waals surface area contributed by atoms with E-state index < -0.39 is 49.1 Å². The summed E-state index contributed by atoms with van der Waals surface area (Å²) < 4.78 is 137. The lowest BCUT2D eigenvalue weighted by atomic mass is 10.0. The maximum absolute atomic E-state index is 14.2. The predicted molar refractivity (Wildman–Crippen MR) is 139 cm³/mol. The smallest absolute Gasteiger partial charge is 0.487 e. The first kappa shape index (κ1) is 33.1. The fourth-order valence-electron chi connectivity index (χ4n) is 3.79. The highest BCUT2D eigenvalue weighted by Crippen LogP contribution is 2.46. The van der Waals surface area contributed by atoms with E-state index in [0.717, 1.165) is 42.7 Å². The summed E-state index contributed by atoms with van der Waals surface area (Å²) in [7, 11) is 0. The summed E-state index contributed by atoms with van der Waals surface area (Å²) >= 11 is 0.947. The number of hydrogen-bond acceptors (Lipinski definition) is 5. The van der Waals surface area contributed by atoms with E-state index in [2.05, 4.69) is 16.1 Å². The SMILES string of the molecule is C=CC(=O)OCC(F)(F)C(F)(F)C(F)(F)COc1ccc2cc(-c3ccc(CCCCC)cc3OC(F)(F)F)sc2c1. The van der Waals surface area contributed by atoms with Crippen molar-refractivity contribution in [1.29, 1.82) is 0 Å². The molecule has 1 heterocycles. The van der Waals surface area contributed by atoms with Gasteiger partial charge in [-0.25, -0.2) is 4.79 Å². The number of carbonyl (C=O) groups is 1. The quantitative estimate of drug-likeness (QED) is 0.0773. The Kier molecular flexibility index (Phi) is 10.1. The summed E-state index contributed by atoms with van der Waals surface area (Å²) in [6, 6.07) is 9.57. The van der Waals surface area contributed by atoms with E-state index >= 15 is 0 Å². The van der Waals surface area contributed by atoms with Crippen LogP contribution >= 0.6 is 11.3 Å². The number of carbonyl (C=O) groups excluding carboxylic acids is 1. The molecule has 230 valence electrons. The van der Waals surface area contributed by atoms with E-state index in [1.54, 1.807) is 6.07 Å². The third-order valence-electron chi connectivity index (χ3n) is 6.00. The average Bonchev–Trinajstić information content (AvgIpc) is 3.33. The van der Waals surface area contributed by atoms with Crippen LogP contribution in [0.1, 0.15) is 31.7 Å². The van der Waals surface area contributed by atoms with Crippen LogP contribution in [0, 0.1) is 0 Å². The van der Waals surface area contributed by atoms with Gasteiger partial charge in [0, 0.05) is 21.2 Å². The number of alkyl halides is 9. The Labute approximate surface area is 238 Å². The molecule has 0 aliphatic carbocycles. The highest BCUT2D eigenvalue weighted by molar-refractivity contribution is 7.22. The maximum Gasteiger partial charge on any atom is 0.573 e. The number of ether oxygens (including phenoxy) is 3. The molecule has 0 saturated carbocycles. The second kappa shape index (κ2) is 12.8. The lowest BCUT2D eigenvalue weighted by Crippen LogP contribution is -2.58. The van der Waals surface area contributed by atoms with Crippen LogP contribution in [0.4, 0.5) is 39.5 Å². The maximum atomic E-state index is 14.2. The molecule has 0 radical (unpaired) electrons. The molecule has 0 aliphatic heterocycles. The van der Waals surface area contributed by atoms with Crippen molar-refractivity contribution >= 4 is 27.4 Å². The first-order chi connectivity index (χ1) is 19.5. The molecule has 2 aromatic carbocycles. The van der Waals surface area contributed by atoms with Gasteiger partial charge in [-0.3, -0.25) is 0 Å². The number of benzene rings is 2. The van der Waals surface area contributed by atoms with Gasteiger partial charge in [-0.05, 0) is 60.2 Å². The molecule has 1 aromatic heterocycles. The largest absolute Gasteiger partial charge is 0.573 e. The molecule has 0 N–H and O–H groups in total. The van der Waals surface area contributed by atoms with Gasteiger partial charge in [-0.15, -0.1) is 24.5 Å². The van der Waals surface area contributed by atoms with E-state index in [1.165, 1.54) is 24.3 Å². The Balaban J connectivity index is 1.82. The number of fused-ring (bicyclic) bond motifs is 1. The summed E-state index contributed by atoms with van der Waals surface area (Å²) in [6.07, 6.45) is -1.42. The van der Waals surface area contributed by atoms with Crippen LogP contribution in [0.25, 0.3) is 20.5 Å². The van der Waals surface area contributed by atoms with Crippen molar-refractivity contribution in [3.05, 3.63) is 60.7 Å². The molecule has 0 saturated heterocycles. The molecule has 0 unspecified atom stereocenters. The van der Waals surface area contributed by atoms with Crippen molar-refractivity contribution in [2.75, 3.05) is 13.2 Å². The summed E-state index contributed by atoms with van der Waals surface area (Å²) in [5.41, 5.74) is 0.756. The fraction of sp³-hybridized carbons (Fsp3) is 0.393. The summed E-state index contributed by atoms with van der Waals surface area (Å²) in [4.78, 5) is 11.2. The molecule has 4 nitrogen and oxygen atoms in total. The number of rotatable bonds is 14. The van der Waals surface area contributed by atoms with E-state index in [4.69, 9.17) is 4.74 Å². The van der Waals surface area contributed by atoms with Crippen molar-refractivity contribution in [2.45, 2.75) is 56.7 Å². The number of aryl methyl sites for hydroxylation is 1. The minimum Gasteiger partial charge on any atom is -0.487 e. The van der Waals surface area contributed by atoms with Crippen LogP contribution in [-0.4, -0.2) is 43.3 Å². The van der Waals surface area contributed by atoms with Crippen molar-refractivity contribution < 1.29 is 58.5 Å². The minimum atomic E-state index is -5.96. The monoisotopic (exact) mass is 628 g/mol. The molecule has 14 heteroatoms. The second-order valence-electron chi connectivity index (χ2n) is 9.23. The van der Waals surface area contributed by atoms with Gasteiger partial charge < -0.3 is 14.2 Å². The molecule has 3 aromatic rings. The van der Waals surface area contributed by atoms with Crippen LogP contribution < -0.4 is 9.47 Å². The van der Waals surface area contributed by atoms with Gasteiger partial charge in [0.05, 0.1) is 0 Å². The summed E-state index contributed by atoms with van der Waals surface area (Å²) in [5, 5.41) is 0.458. The van der Waals surface area contributed by atoms with Crippen LogP contribution in [0.5, 0.6) is 11.5 Å². The predicted octanol–water partition coefficient (Wildman–Crippen LogP) is 9.21. The zero-order chi connectivity index (χ0) is 31.3. The van der Waals surface area contributed by atoms with Gasteiger partial charge in [0.2, 0.25) is 0 Å². The summed E-state index contributed by atoms with van der Waals surface area (Å²) in [5.74, 6) is -19.1. The summed E-state index contributed by atoms with van der Waals surface area (Å²) in [6.45, 7) is 0.405. The molecule has 0 atom stereocenters. The number of halogens is 9. The highest BCUT2D eigenvalue weighted by Gasteiger charge is 2.72. The topological polar surface area (TPSA) is 44.8 Å². The number of esters is 1. The highest BCUT2D eigenvalue weighted by atomic mass is 32.1. The molecule has 0 bridgehead atoms. The molecular weight excluding hydrogens is 603 g/mol. The Morgan fingerprint density at radius 1 is 0.905 bits per heavy atom. The van der Waals surface area contributed by atoms with E-state index in [9.17, 15) is 44.3 Å². The Bertz CT molecular complexity index is 1400. The third-order valence-corrected chi connectivity index (χ3v) is 7.13. The zero-order valence-corrected chi connectivity index (χ0v) is 22.8. The van der Waals surface area contributed by atoms with Gasteiger partial charge in [-0.1, -0.05) is 32.4 Å². The fourth-order valence-corrected chi connectivity index (χ4v) is 4.91. The number of hydrogen-bond donors (Lipinski definition) is 0. The Hall–Kier alpha value is -3.42. The van der Waals surface area contributed by atoms with E-state index in [-0.39, 0.29) is 11.3 Å². The molecule has 42 heavy (non-hydrogen) atoms. The lowest BCUT2D eigenvalue weighted by molar-refractivity contribution is -0.322. The molecular formula is C28H25F9O4S. The normalized spacial score (nSPS) is 12.8. The van der Waals surface area contributed by atoms with Crippen LogP contribution in [-0.2, 0) is 16.0 Å². The van der Waals surface area contributed by atoms with Crippen molar-refractivity contribution in [3.63, 3.8) is 0 Å². The number of thiophene rings is 1. The van der Waals surface area contributed by atoms with Gasteiger partial charge in [0.25, 0.3) is 0 Å². The zero-order valence-electron chi connectivity index (χ0n) is 22.0. The van der Waals surface area contributed by atoms with Crippen molar-refractivity contribution in [1.82, 2.24) is 0 Å². The van der Waals surface area contributed by atoms with Gasteiger partial charge in [-0.2, -0.15) is 26.3 Å². The molecule has 0 aliphatic rings. The first-order valence-corrected chi connectivity index (χ1v) is 13.3. The van der Waals surface area contributed by atoms with E-state index in [1.807, 2.05) is 6.92 Å². The van der Waals surface area contributed by atoms with Gasteiger partial charge in [0.15, 0.2) is 13.2 Å².